The zero-order valence-electron chi connectivity index (χ0n) is 15.3. The number of amides is 1. The van der Waals surface area contributed by atoms with E-state index in [0.29, 0.717) is 5.56 Å². The summed E-state index contributed by atoms with van der Waals surface area (Å²) in [6.45, 7) is 5.33. The summed E-state index contributed by atoms with van der Waals surface area (Å²) in [6, 6.07) is 15.4. The molecule has 0 aliphatic carbocycles. The second-order valence-corrected chi connectivity index (χ2v) is 7.09. The zero-order chi connectivity index (χ0) is 18.6. The summed E-state index contributed by atoms with van der Waals surface area (Å²) in [5.74, 6) is 0.179. The van der Waals surface area contributed by atoms with Crippen LogP contribution in [0.15, 0.2) is 48.7 Å². The Morgan fingerprint density at radius 1 is 1.04 bits per heavy atom. The van der Waals surface area contributed by atoms with Crippen molar-refractivity contribution in [1.29, 1.82) is 5.26 Å². The number of piperazine rings is 1. The van der Waals surface area contributed by atoms with Crippen molar-refractivity contribution in [3.63, 3.8) is 0 Å². The van der Waals surface area contributed by atoms with E-state index in [1.54, 1.807) is 12.1 Å². The summed E-state index contributed by atoms with van der Waals surface area (Å²) < 4.78 is 0. The number of hydrogen-bond acceptors (Lipinski definition) is 5. The first-order valence-corrected chi connectivity index (χ1v) is 9.42. The number of nitriles is 1. The summed E-state index contributed by atoms with van der Waals surface area (Å²) in [4.78, 5) is 23.9. The predicted octanol–water partition coefficient (Wildman–Crippen LogP) is 1.88. The molecule has 0 N–H and O–H groups in total. The van der Waals surface area contributed by atoms with Gasteiger partial charge in [0.1, 0.15) is 0 Å². The fraction of sp³-hybridized carbons (Fsp3) is 0.381. The van der Waals surface area contributed by atoms with Crippen LogP contribution in [0.3, 0.4) is 0 Å². The number of carbonyl (C=O) groups excluding carboxylic acids is 1. The number of aromatic nitrogens is 1. The topological polar surface area (TPSA) is 63.5 Å². The molecule has 2 saturated heterocycles. The van der Waals surface area contributed by atoms with Gasteiger partial charge in [-0.1, -0.05) is 6.07 Å². The minimum Gasteiger partial charge on any atom is -0.311 e. The molecule has 1 unspecified atom stereocenters. The third-order valence-electron chi connectivity index (χ3n) is 5.44. The van der Waals surface area contributed by atoms with Crippen molar-refractivity contribution in [2.45, 2.75) is 19.0 Å². The number of benzene rings is 1. The van der Waals surface area contributed by atoms with E-state index >= 15 is 0 Å². The van der Waals surface area contributed by atoms with E-state index in [1.165, 1.54) is 0 Å². The molecule has 27 heavy (non-hydrogen) atoms. The van der Waals surface area contributed by atoms with Gasteiger partial charge in [-0.05, 0) is 42.8 Å². The Kier molecular flexibility index (Phi) is 5.14. The van der Waals surface area contributed by atoms with E-state index in [1.807, 2.05) is 35.4 Å². The number of nitrogens with zero attached hydrogens (tertiary/aromatic N) is 5. The fourth-order valence-corrected chi connectivity index (χ4v) is 3.93. The van der Waals surface area contributed by atoms with Gasteiger partial charge < -0.3 is 4.90 Å². The number of hydrogen-bond donors (Lipinski definition) is 0. The predicted molar refractivity (Wildman–Crippen MR) is 103 cm³/mol. The lowest BCUT2D eigenvalue weighted by atomic mass is 10.1. The smallest absolute Gasteiger partial charge is 0.244 e. The van der Waals surface area contributed by atoms with Crippen molar-refractivity contribution >= 4 is 11.6 Å². The normalized spacial score (nSPS) is 21.4. The maximum atomic E-state index is 12.9. The van der Waals surface area contributed by atoms with Crippen LogP contribution in [0.5, 0.6) is 0 Å². The zero-order valence-corrected chi connectivity index (χ0v) is 15.3. The molecule has 4 rings (SSSR count). The lowest BCUT2D eigenvalue weighted by Gasteiger charge is -2.37. The van der Waals surface area contributed by atoms with Crippen LogP contribution in [-0.4, -0.2) is 59.5 Å². The Morgan fingerprint density at radius 3 is 2.48 bits per heavy atom. The van der Waals surface area contributed by atoms with Crippen LogP contribution in [0.2, 0.25) is 0 Å². The first-order valence-electron chi connectivity index (χ1n) is 9.42. The lowest BCUT2D eigenvalue weighted by molar-refractivity contribution is -0.122. The van der Waals surface area contributed by atoms with E-state index in [9.17, 15) is 4.79 Å². The van der Waals surface area contributed by atoms with Gasteiger partial charge in [0.25, 0.3) is 0 Å². The molecule has 138 valence electrons. The van der Waals surface area contributed by atoms with Gasteiger partial charge >= 0.3 is 0 Å². The lowest BCUT2D eigenvalue weighted by Crippen LogP contribution is -2.52. The van der Waals surface area contributed by atoms with Crippen LogP contribution in [0.1, 0.15) is 17.7 Å². The van der Waals surface area contributed by atoms with Crippen LogP contribution < -0.4 is 4.90 Å². The van der Waals surface area contributed by atoms with Gasteiger partial charge in [0, 0.05) is 51.2 Å². The molecule has 6 nitrogen and oxygen atoms in total. The largest absolute Gasteiger partial charge is 0.311 e. The second kappa shape index (κ2) is 7.87. The first-order chi connectivity index (χ1) is 13.2. The molecule has 1 aromatic heterocycles. The van der Waals surface area contributed by atoms with Crippen molar-refractivity contribution in [3.8, 4) is 6.07 Å². The molecular weight excluding hydrogens is 338 g/mol. The molecule has 3 heterocycles. The fourth-order valence-electron chi connectivity index (χ4n) is 3.93. The molecule has 6 heteroatoms. The highest BCUT2D eigenvalue weighted by Crippen LogP contribution is 2.25. The van der Waals surface area contributed by atoms with Gasteiger partial charge in [-0.3, -0.25) is 19.6 Å². The molecular formula is C21H23N5O. The third-order valence-corrected chi connectivity index (χ3v) is 5.44. The molecule has 0 spiro atoms. The Morgan fingerprint density at radius 2 is 1.81 bits per heavy atom. The highest BCUT2D eigenvalue weighted by molar-refractivity contribution is 5.99. The van der Waals surface area contributed by atoms with Crippen LogP contribution in [0.4, 0.5) is 5.69 Å². The molecule has 0 bridgehead atoms. The Hall–Kier alpha value is -2.75. The summed E-state index contributed by atoms with van der Waals surface area (Å²) in [5, 5.41) is 8.93. The maximum absolute atomic E-state index is 12.9. The van der Waals surface area contributed by atoms with Crippen molar-refractivity contribution < 1.29 is 4.79 Å². The minimum absolute atomic E-state index is 0.0300. The van der Waals surface area contributed by atoms with E-state index < -0.39 is 0 Å². The highest BCUT2D eigenvalue weighted by atomic mass is 16.2. The van der Waals surface area contributed by atoms with Crippen LogP contribution in [-0.2, 0) is 11.3 Å². The maximum Gasteiger partial charge on any atom is 0.244 e. The molecule has 0 saturated carbocycles. The van der Waals surface area contributed by atoms with E-state index in [0.717, 1.165) is 57.1 Å². The van der Waals surface area contributed by atoms with E-state index in [2.05, 4.69) is 26.9 Å². The summed E-state index contributed by atoms with van der Waals surface area (Å²) in [6.07, 6.45) is 2.69. The molecule has 1 aromatic carbocycles. The van der Waals surface area contributed by atoms with Gasteiger partial charge in [-0.15, -0.1) is 0 Å². The monoisotopic (exact) mass is 361 g/mol. The van der Waals surface area contributed by atoms with Crippen LogP contribution in [0, 0.1) is 11.3 Å². The minimum atomic E-state index is -0.0300. The van der Waals surface area contributed by atoms with Crippen LogP contribution in [0.25, 0.3) is 0 Å². The van der Waals surface area contributed by atoms with Gasteiger partial charge in [0.15, 0.2) is 0 Å². The number of anilines is 1. The van der Waals surface area contributed by atoms with Gasteiger partial charge in [0.2, 0.25) is 5.91 Å². The van der Waals surface area contributed by atoms with Crippen molar-refractivity contribution in [3.05, 3.63) is 59.9 Å². The van der Waals surface area contributed by atoms with Crippen molar-refractivity contribution in [2.24, 2.45) is 0 Å². The number of carbonyl (C=O) groups is 1. The molecule has 1 amide bonds. The van der Waals surface area contributed by atoms with Gasteiger partial charge in [0.05, 0.1) is 23.4 Å². The Balaban J connectivity index is 1.33. The summed E-state index contributed by atoms with van der Waals surface area (Å²) >= 11 is 0. The van der Waals surface area contributed by atoms with Crippen molar-refractivity contribution in [1.82, 2.24) is 14.8 Å². The molecule has 0 radical (unpaired) electrons. The molecule has 2 aliphatic rings. The molecule has 2 fully saturated rings. The highest BCUT2D eigenvalue weighted by Gasteiger charge is 2.37. The van der Waals surface area contributed by atoms with E-state index in [4.69, 9.17) is 5.26 Å². The molecule has 2 aliphatic heterocycles. The Bertz CT molecular complexity index is 822. The average molecular weight is 361 g/mol. The van der Waals surface area contributed by atoms with Gasteiger partial charge in [-0.25, -0.2) is 0 Å². The molecule has 2 aromatic rings. The standard InChI is InChI=1S/C21H23N5O/c22-15-17-4-6-19(7-5-17)26-10-8-20(21(26)27)25-13-11-24(12-14-25)16-18-3-1-2-9-23-18/h1-7,9,20H,8,10-14,16H2. The van der Waals surface area contributed by atoms with Gasteiger partial charge in [-0.2, -0.15) is 5.26 Å². The number of pyridine rings is 1. The SMILES string of the molecule is N#Cc1ccc(N2CCC(N3CCN(Cc4ccccn4)CC3)C2=O)cc1. The number of rotatable bonds is 4. The second-order valence-electron chi connectivity index (χ2n) is 7.09. The van der Waals surface area contributed by atoms with Crippen LogP contribution >= 0.6 is 0 Å². The summed E-state index contributed by atoms with van der Waals surface area (Å²) in [5.41, 5.74) is 2.59. The average Bonchev–Trinajstić information content (AvgIpc) is 3.11. The molecule has 1 atom stereocenters. The summed E-state index contributed by atoms with van der Waals surface area (Å²) in [7, 11) is 0. The quantitative estimate of drug-likeness (QED) is 0.832. The Labute approximate surface area is 159 Å². The first kappa shape index (κ1) is 17.7. The third kappa shape index (κ3) is 3.85. The van der Waals surface area contributed by atoms with E-state index in [-0.39, 0.29) is 11.9 Å². The van der Waals surface area contributed by atoms with Crippen molar-refractivity contribution in [2.75, 3.05) is 37.6 Å².